The average molecular weight is 629 g/mol. The van der Waals surface area contributed by atoms with Crippen molar-refractivity contribution in [3.05, 3.63) is 76.4 Å². The number of nitrogens with one attached hydrogen (secondary N) is 4. The molecule has 0 bridgehead atoms. The summed E-state index contributed by atoms with van der Waals surface area (Å²) in [4.78, 5) is 71.1. The van der Waals surface area contributed by atoms with Crippen LogP contribution in [0.25, 0.3) is 0 Å². The summed E-state index contributed by atoms with van der Waals surface area (Å²) < 4.78 is 9.65. The van der Waals surface area contributed by atoms with E-state index in [1.807, 2.05) is 0 Å². The fraction of sp³-hybridized carbons (Fsp3) is 0.345. The van der Waals surface area contributed by atoms with E-state index in [2.05, 4.69) is 27.8 Å². The number of hydrogen-bond donors (Lipinski definition) is 6. The second-order valence-corrected chi connectivity index (χ2v) is 10.0. The highest BCUT2D eigenvalue weighted by atomic mass is 16.7. The minimum absolute atomic E-state index is 0.0574. The molecule has 0 aliphatic rings. The molecule has 2 rings (SSSR count). The summed E-state index contributed by atoms with van der Waals surface area (Å²) in [5, 5.41) is 30.4. The van der Waals surface area contributed by atoms with Crippen LogP contribution in [0, 0.1) is 16.0 Å². The van der Waals surface area contributed by atoms with Crippen LogP contribution in [0.15, 0.2) is 55.1 Å². The van der Waals surface area contributed by atoms with Gasteiger partial charge in [0.05, 0.1) is 4.92 Å². The van der Waals surface area contributed by atoms with Crippen molar-refractivity contribution in [2.24, 2.45) is 11.7 Å². The van der Waals surface area contributed by atoms with Gasteiger partial charge in [0.1, 0.15) is 24.4 Å². The molecule has 0 heterocycles. The van der Waals surface area contributed by atoms with Crippen molar-refractivity contribution in [1.29, 1.82) is 0 Å². The van der Waals surface area contributed by atoms with Crippen LogP contribution in [0.2, 0.25) is 0 Å². The second-order valence-electron chi connectivity index (χ2n) is 10.0. The van der Waals surface area contributed by atoms with Crippen molar-refractivity contribution >= 4 is 41.5 Å². The molecule has 0 unspecified atom stereocenters. The van der Waals surface area contributed by atoms with Crippen LogP contribution in [0.1, 0.15) is 37.8 Å². The van der Waals surface area contributed by atoms with Crippen molar-refractivity contribution in [3.8, 4) is 5.75 Å². The third-order valence-corrected chi connectivity index (χ3v) is 6.22. The Morgan fingerprint density at radius 2 is 1.76 bits per heavy atom. The Bertz CT molecular complexity index is 1400. The SMILES string of the molecule is C=CCOC(=O)N[C@H](C(=O)N[C@@H](CCCNC(N)=O)C(=O)Nc1ccc(Cc2cc([N+](=O)[O-])ccc2OC(=O)O)cc1)C(C)C. The Morgan fingerprint density at radius 1 is 1.07 bits per heavy atom. The number of carboxylic acid groups (broad SMARTS) is 1. The molecule has 5 amide bonds. The third-order valence-electron chi connectivity index (χ3n) is 6.22. The number of alkyl carbamates (subject to hydrolysis) is 1. The number of nitrogens with two attached hydrogens (primary N) is 1. The Hall–Kier alpha value is -5.67. The summed E-state index contributed by atoms with van der Waals surface area (Å²) in [6, 6.07) is 7.08. The summed E-state index contributed by atoms with van der Waals surface area (Å²) in [5.41, 5.74) is 6.09. The zero-order valence-corrected chi connectivity index (χ0v) is 24.7. The number of rotatable bonds is 16. The Morgan fingerprint density at radius 3 is 2.33 bits per heavy atom. The molecule has 2 aromatic carbocycles. The van der Waals surface area contributed by atoms with E-state index < -0.39 is 47.1 Å². The molecule has 16 nitrogen and oxygen atoms in total. The molecule has 0 fully saturated rings. The van der Waals surface area contributed by atoms with Gasteiger partial charge in [-0.3, -0.25) is 19.7 Å². The first kappa shape index (κ1) is 35.5. The maximum atomic E-state index is 13.3. The highest BCUT2D eigenvalue weighted by Crippen LogP contribution is 2.27. The number of carbonyl (C=O) groups excluding carboxylic acids is 4. The van der Waals surface area contributed by atoms with Gasteiger partial charge < -0.3 is 41.6 Å². The van der Waals surface area contributed by atoms with Crippen molar-refractivity contribution in [2.45, 2.75) is 45.2 Å². The summed E-state index contributed by atoms with van der Waals surface area (Å²) in [5.74, 6) is -1.63. The van der Waals surface area contributed by atoms with E-state index in [0.29, 0.717) is 11.3 Å². The topological polar surface area (TPSA) is 241 Å². The van der Waals surface area contributed by atoms with Crippen LogP contribution in [0.5, 0.6) is 5.75 Å². The van der Waals surface area contributed by atoms with Crippen LogP contribution in [0.4, 0.5) is 25.8 Å². The molecule has 7 N–H and O–H groups in total. The van der Waals surface area contributed by atoms with Crippen LogP contribution < -0.4 is 31.7 Å². The van der Waals surface area contributed by atoms with Gasteiger partial charge in [-0.25, -0.2) is 14.4 Å². The van der Waals surface area contributed by atoms with Crippen LogP contribution in [-0.2, 0) is 20.7 Å². The molecule has 0 aliphatic carbocycles. The maximum Gasteiger partial charge on any atom is 0.511 e. The van der Waals surface area contributed by atoms with Crippen molar-refractivity contribution in [3.63, 3.8) is 0 Å². The largest absolute Gasteiger partial charge is 0.511 e. The number of nitro benzene ring substituents is 1. The number of non-ortho nitro benzene ring substituents is 1. The van der Waals surface area contributed by atoms with E-state index in [4.69, 9.17) is 20.3 Å². The molecule has 0 aliphatic heterocycles. The van der Waals surface area contributed by atoms with Gasteiger partial charge in [0.25, 0.3) is 5.69 Å². The minimum Gasteiger partial charge on any atom is -0.449 e. The standard InChI is InChI=1S/C29H36N6O10/c1-4-14-44-28(39)34-24(17(2)3)26(37)33-22(6-5-13-31-27(30)38)25(36)32-20-9-7-18(8-10-20)15-19-16-21(35(42)43)11-12-23(19)45-29(40)41/h4,7-12,16-17,22,24H,1,5-6,13-15H2,2-3H3,(H,32,36)(H,33,37)(H,34,39)(H,40,41)(H3,30,31,38)/t22-,24-/m0/s1. The summed E-state index contributed by atoms with van der Waals surface area (Å²) in [7, 11) is 0. The second kappa shape index (κ2) is 17.4. The van der Waals surface area contributed by atoms with Crippen molar-refractivity contribution in [2.75, 3.05) is 18.5 Å². The lowest BCUT2D eigenvalue weighted by Crippen LogP contribution is -2.54. The normalized spacial score (nSPS) is 11.8. The van der Waals surface area contributed by atoms with Gasteiger partial charge in [-0.2, -0.15) is 0 Å². The first-order valence-corrected chi connectivity index (χ1v) is 13.8. The molecule has 0 saturated carbocycles. The van der Waals surface area contributed by atoms with Crippen LogP contribution >= 0.6 is 0 Å². The van der Waals surface area contributed by atoms with Gasteiger partial charge in [-0.15, -0.1) is 0 Å². The average Bonchev–Trinajstić information content (AvgIpc) is 2.97. The summed E-state index contributed by atoms with van der Waals surface area (Å²) in [6.07, 6.45) is -0.550. The fourth-order valence-electron chi connectivity index (χ4n) is 4.05. The predicted molar refractivity (Wildman–Crippen MR) is 162 cm³/mol. The third kappa shape index (κ3) is 12.2. The number of amides is 5. The molecular formula is C29H36N6O10. The number of anilines is 1. The zero-order chi connectivity index (χ0) is 33.5. The summed E-state index contributed by atoms with van der Waals surface area (Å²) in [6.45, 7) is 6.95. The van der Waals surface area contributed by atoms with Gasteiger partial charge in [-0.05, 0) is 42.5 Å². The number of hydrogen-bond acceptors (Lipinski definition) is 9. The van der Waals surface area contributed by atoms with E-state index in [1.165, 1.54) is 18.2 Å². The first-order valence-electron chi connectivity index (χ1n) is 13.8. The summed E-state index contributed by atoms with van der Waals surface area (Å²) >= 11 is 0. The molecule has 0 saturated heterocycles. The van der Waals surface area contributed by atoms with Crippen LogP contribution in [0.3, 0.4) is 0 Å². The number of urea groups is 1. The molecule has 242 valence electrons. The molecule has 2 atom stereocenters. The Balaban J connectivity index is 2.19. The number of benzene rings is 2. The molecular weight excluding hydrogens is 592 g/mol. The van der Waals surface area contributed by atoms with E-state index in [1.54, 1.807) is 38.1 Å². The maximum absolute atomic E-state index is 13.3. The number of nitrogens with zero attached hydrogens (tertiary/aromatic N) is 1. The first-order chi connectivity index (χ1) is 21.3. The van der Waals surface area contributed by atoms with E-state index >= 15 is 0 Å². The lowest BCUT2D eigenvalue weighted by Gasteiger charge is -2.25. The predicted octanol–water partition coefficient (Wildman–Crippen LogP) is 3.05. The monoisotopic (exact) mass is 628 g/mol. The number of primary amides is 1. The molecule has 16 heteroatoms. The highest BCUT2D eigenvalue weighted by molar-refractivity contribution is 5.98. The van der Waals surface area contributed by atoms with E-state index in [9.17, 15) is 34.1 Å². The Labute approximate surface area is 258 Å². The zero-order valence-electron chi connectivity index (χ0n) is 24.7. The lowest BCUT2D eigenvalue weighted by molar-refractivity contribution is -0.384. The number of carbonyl (C=O) groups is 5. The van der Waals surface area contributed by atoms with Gasteiger partial charge in [-0.1, -0.05) is 38.6 Å². The van der Waals surface area contributed by atoms with Gasteiger partial charge in [0.2, 0.25) is 11.8 Å². The van der Waals surface area contributed by atoms with E-state index in [0.717, 1.165) is 6.07 Å². The fourth-order valence-corrected chi connectivity index (χ4v) is 4.05. The Kier molecular flexibility index (Phi) is 13.8. The lowest BCUT2D eigenvalue weighted by atomic mass is 10.0. The minimum atomic E-state index is -1.57. The molecule has 0 spiro atoms. The van der Waals surface area contributed by atoms with Crippen molar-refractivity contribution in [1.82, 2.24) is 16.0 Å². The molecule has 45 heavy (non-hydrogen) atoms. The van der Waals surface area contributed by atoms with Gasteiger partial charge in [0, 0.05) is 36.3 Å². The van der Waals surface area contributed by atoms with Gasteiger partial charge >= 0.3 is 18.3 Å². The molecule has 0 radical (unpaired) electrons. The van der Waals surface area contributed by atoms with Crippen LogP contribution in [-0.4, -0.2) is 65.4 Å². The highest BCUT2D eigenvalue weighted by Gasteiger charge is 2.29. The van der Waals surface area contributed by atoms with Crippen molar-refractivity contribution < 1.29 is 43.5 Å². The van der Waals surface area contributed by atoms with E-state index in [-0.39, 0.29) is 55.3 Å². The molecule has 0 aromatic heterocycles. The number of nitro groups is 1. The number of ether oxygens (including phenoxy) is 2. The smallest absolute Gasteiger partial charge is 0.449 e. The van der Waals surface area contributed by atoms with Gasteiger partial charge in [0.15, 0.2) is 0 Å². The quantitative estimate of drug-likeness (QED) is 0.0396. The molecule has 2 aromatic rings.